The van der Waals surface area contributed by atoms with E-state index in [9.17, 15) is 9.90 Å². The number of nitrogens with two attached hydrogens (primary N) is 2. The lowest BCUT2D eigenvalue weighted by Crippen LogP contribution is -2.17. The van der Waals surface area contributed by atoms with Crippen LogP contribution in [0, 0.1) is 6.92 Å². The number of carbonyl (C=O) groups excluding carboxylic acids is 1. The summed E-state index contributed by atoms with van der Waals surface area (Å²) in [7, 11) is 0. The Kier molecular flexibility index (Phi) is 3.94. The van der Waals surface area contributed by atoms with Gasteiger partial charge in [0.1, 0.15) is 5.75 Å². The van der Waals surface area contributed by atoms with Crippen molar-refractivity contribution in [1.29, 1.82) is 0 Å². The molecule has 1 aromatic carbocycles. The van der Waals surface area contributed by atoms with E-state index in [1.165, 1.54) is 6.08 Å². The number of pyridine rings is 1. The number of primary amides is 1. The van der Waals surface area contributed by atoms with Gasteiger partial charge < -0.3 is 16.6 Å². The average Bonchev–Trinajstić information content (AvgIpc) is 2.49. The molecule has 2 rings (SSSR count). The number of nitrogen functional groups attached to an aromatic ring is 1. The van der Waals surface area contributed by atoms with E-state index >= 15 is 0 Å². The van der Waals surface area contributed by atoms with Crippen molar-refractivity contribution in [3.8, 4) is 16.9 Å². The molecule has 5 N–H and O–H groups in total. The Morgan fingerprint density at radius 3 is 2.68 bits per heavy atom. The van der Waals surface area contributed by atoms with Crippen molar-refractivity contribution in [2.75, 3.05) is 5.73 Å². The Morgan fingerprint density at radius 1 is 1.45 bits per heavy atom. The van der Waals surface area contributed by atoms with Crippen molar-refractivity contribution in [2.24, 2.45) is 10.7 Å². The van der Waals surface area contributed by atoms with E-state index in [4.69, 9.17) is 11.5 Å². The fraction of sp³-hybridized carbons (Fsp3) is 0.0625. The summed E-state index contributed by atoms with van der Waals surface area (Å²) in [6, 6.07) is 4.98. The van der Waals surface area contributed by atoms with Gasteiger partial charge in [-0.15, -0.1) is 0 Å². The molecule has 22 heavy (non-hydrogen) atoms. The van der Waals surface area contributed by atoms with Crippen LogP contribution >= 0.6 is 0 Å². The predicted molar refractivity (Wildman–Crippen MR) is 88.3 cm³/mol. The van der Waals surface area contributed by atoms with Gasteiger partial charge in [-0.2, -0.15) is 0 Å². The van der Waals surface area contributed by atoms with Crippen LogP contribution in [0.1, 0.15) is 21.7 Å². The van der Waals surface area contributed by atoms with Gasteiger partial charge in [0.25, 0.3) is 5.91 Å². The van der Waals surface area contributed by atoms with Crippen LogP contribution in [0.5, 0.6) is 5.75 Å². The van der Waals surface area contributed by atoms with E-state index < -0.39 is 5.91 Å². The summed E-state index contributed by atoms with van der Waals surface area (Å²) in [5.74, 6) is -0.653. The van der Waals surface area contributed by atoms with E-state index in [2.05, 4.69) is 23.3 Å². The molecule has 0 saturated heterocycles. The number of anilines is 1. The summed E-state index contributed by atoms with van der Waals surface area (Å²) in [5.41, 5.74) is 13.8. The van der Waals surface area contributed by atoms with E-state index in [0.29, 0.717) is 28.1 Å². The summed E-state index contributed by atoms with van der Waals surface area (Å²) in [6.07, 6.45) is 1.44. The molecule has 0 radical (unpaired) electrons. The molecule has 0 unspecified atom stereocenters. The number of aliphatic imine (C=N–C) groups is 1. The van der Waals surface area contributed by atoms with Crippen LogP contribution in [0.2, 0.25) is 0 Å². The maximum Gasteiger partial charge on any atom is 0.269 e. The van der Waals surface area contributed by atoms with E-state index in [1.54, 1.807) is 25.1 Å². The highest BCUT2D eigenvalue weighted by Gasteiger charge is 2.21. The van der Waals surface area contributed by atoms with Gasteiger partial charge in [0, 0.05) is 5.56 Å². The largest absolute Gasteiger partial charge is 0.508 e. The first kappa shape index (κ1) is 15.2. The van der Waals surface area contributed by atoms with Crippen LogP contribution < -0.4 is 11.5 Å². The van der Waals surface area contributed by atoms with Crippen molar-refractivity contribution in [3.63, 3.8) is 0 Å². The number of carbonyl (C=O) groups is 1. The number of amides is 1. The maximum atomic E-state index is 11.6. The summed E-state index contributed by atoms with van der Waals surface area (Å²) in [6.45, 7) is 8.90. The van der Waals surface area contributed by atoms with Crippen molar-refractivity contribution < 1.29 is 9.90 Å². The molecule has 1 amide bonds. The standard InChI is InChI=1S/C16H16N4O2/c1-4-10-14(19-3)12(13(17)15(20-10)16(18)22)9-6-5-7-11(21)8(9)2/h4-7,21H,1,3,17H2,2H3,(H2,18,22). The molecule has 0 aliphatic heterocycles. The van der Waals surface area contributed by atoms with Crippen molar-refractivity contribution in [3.05, 3.63) is 41.7 Å². The molecule has 0 aliphatic rings. The number of phenols is 1. The number of aromatic nitrogens is 1. The second-order valence-corrected chi connectivity index (χ2v) is 4.66. The van der Waals surface area contributed by atoms with Crippen LogP contribution in [-0.2, 0) is 0 Å². The van der Waals surface area contributed by atoms with Crippen LogP contribution in [-0.4, -0.2) is 22.7 Å². The highest BCUT2D eigenvalue weighted by molar-refractivity contribution is 6.04. The number of nitrogens with zero attached hydrogens (tertiary/aromatic N) is 2. The lowest BCUT2D eigenvalue weighted by Gasteiger charge is -2.16. The first-order valence-electron chi connectivity index (χ1n) is 6.43. The van der Waals surface area contributed by atoms with Crippen LogP contribution in [0.3, 0.4) is 0 Å². The normalized spacial score (nSPS) is 10.2. The molecule has 0 spiro atoms. The molecule has 0 aliphatic carbocycles. The number of phenolic OH excluding ortho intramolecular Hbond substituents is 1. The zero-order chi connectivity index (χ0) is 16.4. The minimum absolute atomic E-state index is 0.0694. The van der Waals surface area contributed by atoms with Gasteiger partial charge in [-0.05, 0) is 36.9 Å². The molecule has 1 heterocycles. The molecule has 1 aromatic heterocycles. The zero-order valence-corrected chi connectivity index (χ0v) is 12.1. The second kappa shape index (κ2) is 5.69. The fourth-order valence-corrected chi connectivity index (χ4v) is 2.26. The zero-order valence-electron chi connectivity index (χ0n) is 12.1. The third-order valence-electron chi connectivity index (χ3n) is 3.40. The van der Waals surface area contributed by atoms with Crippen LogP contribution in [0.4, 0.5) is 11.4 Å². The Morgan fingerprint density at radius 2 is 2.14 bits per heavy atom. The predicted octanol–water partition coefficient (Wildman–Crippen LogP) is 2.42. The Bertz CT molecular complexity index is 797. The van der Waals surface area contributed by atoms with Crippen molar-refractivity contribution in [1.82, 2.24) is 4.98 Å². The van der Waals surface area contributed by atoms with Crippen molar-refractivity contribution in [2.45, 2.75) is 6.92 Å². The number of benzene rings is 1. The van der Waals surface area contributed by atoms with Gasteiger partial charge in [-0.25, -0.2) is 4.98 Å². The summed E-state index contributed by atoms with van der Waals surface area (Å²) < 4.78 is 0. The molecular formula is C16H16N4O2. The molecule has 0 saturated carbocycles. The number of hydrogen-bond acceptors (Lipinski definition) is 5. The second-order valence-electron chi connectivity index (χ2n) is 4.66. The maximum absolute atomic E-state index is 11.6. The average molecular weight is 296 g/mol. The minimum atomic E-state index is -0.754. The minimum Gasteiger partial charge on any atom is -0.508 e. The molecule has 112 valence electrons. The molecular weight excluding hydrogens is 280 g/mol. The van der Waals surface area contributed by atoms with Gasteiger partial charge in [-0.1, -0.05) is 18.7 Å². The van der Waals surface area contributed by atoms with Crippen LogP contribution in [0.25, 0.3) is 17.2 Å². The molecule has 0 bridgehead atoms. The van der Waals surface area contributed by atoms with Crippen LogP contribution in [0.15, 0.2) is 29.8 Å². The summed E-state index contributed by atoms with van der Waals surface area (Å²) in [5, 5.41) is 9.91. The van der Waals surface area contributed by atoms with E-state index in [-0.39, 0.29) is 17.1 Å². The van der Waals surface area contributed by atoms with Gasteiger partial charge in [-0.3, -0.25) is 9.79 Å². The molecule has 0 fully saturated rings. The number of aromatic hydroxyl groups is 1. The van der Waals surface area contributed by atoms with E-state index in [1.807, 2.05) is 0 Å². The first-order chi connectivity index (χ1) is 10.4. The Hall–Kier alpha value is -3.15. The monoisotopic (exact) mass is 296 g/mol. The lowest BCUT2D eigenvalue weighted by molar-refractivity contribution is 0.0996. The topological polar surface area (TPSA) is 115 Å². The highest BCUT2D eigenvalue weighted by Crippen LogP contribution is 2.42. The Balaban J connectivity index is 2.98. The van der Waals surface area contributed by atoms with E-state index in [0.717, 1.165) is 0 Å². The quantitative estimate of drug-likeness (QED) is 0.751. The number of rotatable bonds is 4. The van der Waals surface area contributed by atoms with Gasteiger partial charge in [0.05, 0.1) is 17.1 Å². The third kappa shape index (κ3) is 2.31. The molecule has 6 nitrogen and oxygen atoms in total. The van der Waals surface area contributed by atoms with Crippen molar-refractivity contribution >= 4 is 30.1 Å². The molecule has 0 atom stereocenters. The summed E-state index contributed by atoms with van der Waals surface area (Å²) >= 11 is 0. The lowest BCUT2D eigenvalue weighted by atomic mass is 9.95. The molecule has 2 aromatic rings. The number of hydrogen-bond donors (Lipinski definition) is 3. The third-order valence-corrected chi connectivity index (χ3v) is 3.40. The highest BCUT2D eigenvalue weighted by atomic mass is 16.3. The first-order valence-corrected chi connectivity index (χ1v) is 6.43. The van der Waals surface area contributed by atoms with Gasteiger partial charge >= 0.3 is 0 Å². The fourth-order valence-electron chi connectivity index (χ4n) is 2.26. The smallest absolute Gasteiger partial charge is 0.269 e. The SMILES string of the molecule is C=Cc1nc(C(N)=O)c(N)c(-c2cccc(O)c2C)c1N=C. The Labute approximate surface area is 127 Å². The summed E-state index contributed by atoms with van der Waals surface area (Å²) in [4.78, 5) is 19.6. The van der Waals surface area contributed by atoms with Gasteiger partial charge in [0.2, 0.25) is 0 Å². The molecule has 6 heteroatoms. The van der Waals surface area contributed by atoms with Gasteiger partial charge in [0.15, 0.2) is 5.69 Å².